The third-order valence-corrected chi connectivity index (χ3v) is 4.46. The van der Waals surface area contributed by atoms with Crippen LogP contribution in [0.15, 0.2) is 15.3 Å². The molecule has 0 fully saturated rings. The fraction of sp³-hybridized carbons (Fsp3) is 0.400. The van der Waals surface area contributed by atoms with Crippen molar-refractivity contribution in [3.63, 3.8) is 0 Å². The first-order valence-electron chi connectivity index (χ1n) is 6.86. The topological polar surface area (TPSA) is 56.0 Å². The first-order valence-corrected chi connectivity index (χ1v) is 7.68. The highest BCUT2D eigenvalue weighted by Gasteiger charge is 2.15. The lowest BCUT2D eigenvalue weighted by atomic mass is 10.1. The second-order valence-corrected chi connectivity index (χ2v) is 5.85. The monoisotopic (exact) mass is 288 g/mol. The molecule has 3 aromatic heterocycles. The predicted molar refractivity (Wildman–Crippen MR) is 81.6 cm³/mol. The molecule has 3 aromatic rings. The number of pyridine rings is 1. The van der Waals surface area contributed by atoms with E-state index < -0.39 is 0 Å². The zero-order valence-electron chi connectivity index (χ0n) is 11.8. The Morgan fingerprint density at radius 3 is 2.80 bits per heavy atom. The molecule has 104 valence electrons. The number of aromatic nitrogens is 2. The van der Waals surface area contributed by atoms with Gasteiger partial charge in [0.2, 0.25) is 0 Å². The van der Waals surface area contributed by atoms with Crippen molar-refractivity contribution in [3.05, 3.63) is 33.6 Å². The quantitative estimate of drug-likeness (QED) is 0.738. The smallest absolute Gasteiger partial charge is 0.357 e. The summed E-state index contributed by atoms with van der Waals surface area (Å²) in [4.78, 5) is 21.9. The number of hydrogen-bond donors (Lipinski definition) is 0. The van der Waals surface area contributed by atoms with Crippen molar-refractivity contribution in [2.24, 2.45) is 0 Å². The zero-order chi connectivity index (χ0) is 14.3. The first-order chi connectivity index (χ1) is 9.63. The summed E-state index contributed by atoms with van der Waals surface area (Å²) in [5.74, 6) is 0.401. The van der Waals surface area contributed by atoms with Gasteiger partial charge >= 0.3 is 5.63 Å². The van der Waals surface area contributed by atoms with Crippen molar-refractivity contribution in [1.82, 2.24) is 9.97 Å². The van der Waals surface area contributed by atoms with Crippen molar-refractivity contribution >= 4 is 31.8 Å². The van der Waals surface area contributed by atoms with Crippen LogP contribution in [0.3, 0.4) is 0 Å². The molecular formula is C15H16N2O2S. The molecule has 0 aromatic carbocycles. The second-order valence-electron chi connectivity index (χ2n) is 4.85. The highest BCUT2D eigenvalue weighted by molar-refractivity contribution is 7.25. The summed E-state index contributed by atoms with van der Waals surface area (Å²) in [6, 6.07) is 2.14. The van der Waals surface area contributed by atoms with E-state index in [-0.39, 0.29) is 5.63 Å². The predicted octanol–water partition coefficient (Wildman–Crippen LogP) is 3.62. The molecule has 3 heterocycles. The summed E-state index contributed by atoms with van der Waals surface area (Å²) in [6.45, 7) is 5.98. The van der Waals surface area contributed by atoms with Crippen LogP contribution in [0, 0.1) is 6.92 Å². The Hall–Kier alpha value is -1.75. The highest BCUT2D eigenvalue weighted by Crippen LogP contribution is 2.31. The Kier molecular flexibility index (Phi) is 3.30. The minimum atomic E-state index is -0.314. The summed E-state index contributed by atoms with van der Waals surface area (Å²) in [6.07, 6.45) is 2.97. The normalized spacial score (nSPS) is 11.6. The molecular weight excluding hydrogens is 272 g/mol. The maximum atomic E-state index is 11.9. The summed E-state index contributed by atoms with van der Waals surface area (Å²) >= 11 is 1.38. The first kappa shape index (κ1) is 13.2. The Labute approximate surface area is 120 Å². The van der Waals surface area contributed by atoms with Gasteiger partial charge in [0.05, 0.1) is 0 Å². The van der Waals surface area contributed by atoms with Gasteiger partial charge in [-0.05, 0) is 24.5 Å². The molecule has 3 rings (SSSR count). The number of rotatable bonds is 3. The lowest BCUT2D eigenvalue weighted by molar-refractivity contribution is 0.468. The van der Waals surface area contributed by atoms with Crippen LogP contribution in [-0.4, -0.2) is 9.97 Å². The number of aryl methyl sites for hydroxylation is 3. The van der Waals surface area contributed by atoms with Gasteiger partial charge in [0.15, 0.2) is 5.89 Å². The fourth-order valence-electron chi connectivity index (χ4n) is 2.46. The number of hydrogen-bond acceptors (Lipinski definition) is 5. The minimum Gasteiger partial charge on any atom is -0.408 e. The molecule has 5 heteroatoms. The molecule has 0 aliphatic heterocycles. The zero-order valence-corrected chi connectivity index (χ0v) is 12.6. The molecule has 20 heavy (non-hydrogen) atoms. The Morgan fingerprint density at radius 2 is 2.10 bits per heavy atom. The van der Waals surface area contributed by atoms with Crippen molar-refractivity contribution < 1.29 is 4.42 Å². The number of fused-ring (bicyclic) bond motifs is 3. The standard InChI is InChI=1S/C15H16N2O2S/c1-4-6-11-9(5-2)7-10-12-13(20-14(10)17-11)15(18)19-8(3)16-12/h7H,4-6H2,1-3H3. The molecule has 0 saturated carbocycles. The fourth-order valence-corrected chi connectivity index (χ4v) is 3.45. The Morgan fingerprint density at radius 1 is 1.30 bits per heavy atom. The van der Waals surface area contributed by atoms with E-state index in [9.17, 15) is 4.79 Å². The van der Waals surface area contributed by atoms with E-state index >= 15 is 0 Å². The van der Waals surface area contributed by atoms with Crippen LogP contribution in [0.2, 0.25) is 0 Å². The van der Waals surface area contributed by atoms with E-state index in [1.165, 1.54) is 16.9 Å². The van der Waals surface area contributed by atoms with E-state index in [1.807, 2.05) is 0 Å². The maximum absolute atomic E-state index is 11.9. The average Bonchev–Trinajstić information content (AvgIpc) is 2.76. The molecule has 0 unspecified atom stereocenters. The Balaban J connectivity index is 2.40. The lowest BCUT2D eigenvalue weighted by Crippen LogP contribution is -2.00. The van der Waals surface area contributed by atoms with Gasteiger partial charge in [-0.25, -0.2) is 14.8 Å². The summed E-state index contributed by atoms with van der Waals surface area (Å²) < 4.78 is 5.63. The largest absolute Gasteiger partial charge is 0.408 e. The Bertz CT molecular complexity index is 848. The van der Waals surface area contributed by atoms with E-state index in [2.05, 4.69) is 24.9 Å². The second kappa shape index (κ2) is 4.98. The van der Waals surface area contributed by atoms with Crippen LogP contribution in [0.1, 0.15) is 37.4 Å². The highest BCUT2D eigenvalue weighted by atomic mass is 32.1. The van der Waals surface area contributed by atoms with E-state index in [1.54, 1.807) is 6.92 Å². The van der Waals surface area contributed by atoms with Crippen LogP contribution in [0.4, 0.5) is 0 Å². The van der Waals surface area contributed by atoms with Crippen LogP contribution in [0.5, 0.6) is 0 Å². The van der Waals surface area contributed by atoms with Crippen LogP contribution < -0.4 is 5.63 Å². The minimum absolute atomic E-state index is 0.314. The van der Waals surface area contributed by atoms with Gasteiger partial charge in [-0.2, -0.15) is 0 Å². The molecule has 4 nitrogen and oxygen atoms in total. The van der Waals surface area contributed by atoms with Crippen molar-refractivity contribution in [1.29, 1.82) is 0 Å². The molecule has 0 spiro atoms. The maximum Gasteiger partial charge on any atom is 0.357 e. The molecule has 0 aliphatic carbocycles. The van der Waals surface area contributed by atoms with Gasteiger partial charge in [0.25, 0.3) is 0 Å². The number of nitrogens with zero attached hydrogens (tertiary/aromatic N) is 2. The molecule has 0 saturated heterocycles. The van der Waals surface area contributed by atoms with Crippen LogP contribution >= 0.6 is 11.3 Å². The summed E-state index contributed by atoms with van der Waals surface area (Å²) in [7, 11) is 0. The third-order valence-electron chi connectivity index (χ3n) is 3.39. The van der Waals surface area contributed by atoms with Gasteiger partial charge < -0.3 is 4.42 Å². The van der Waals surface area contributed by atoms with Crippen molar-refractivity contribution in [2.45, 2.75) is 40.0 Å². The SMILES string of the molecule is CCCc1nc2sc3c(=O)oc(C)nc3c2cc1CC. The molecule has 0 bridgehead atoms. The van der Waals surface area contributed by atoms with E-state index in [0.717, 1.165) is 40.7 Å². The van der Waals surface area contributed by atoms with Gasteiger partial charge in [0.1, 0.15) is 15.0 Å². The van der Waals surface area contributed by atoms with Gasteiger partial charge in [-0.1, -0.05) is 20.3 Å². The number of thiophene rings is 1. The van der Waals surface area contributed by atoms with E-state index in [0.29, 0.717) is 10.6 Å². The molecule has 0 N–H and O–H groups in total. The molecule has 0 radical (unpaired) electrons. The molecule has 0 amide bonds. The third kappa shape index (κ3) is 2.02. The van der Waals surface area contributed by atoms with Gasteiger partial charge in [-0.15, -0.1) is 11.3 Å². The molecule has 0 aliphatic rings. The van der Waals surface area contributed by atoms with E-state index in [4.69, 9.17) is 9.40 Å². The van der Waals surface area contributed by atoms with Gasteiger partial charge in [0, 0.05) is 18.0 Å². The van der Waals surface area contributed by atoms with Crippen molar-refractivity contribution in [2.75, 3.05) is 0 Å². The van der Waals surface area contributed by atoms with Crippen molar-refractivity contribution in [3.8, 4) is 0 Å². The molecule has 0 atom stereocenters. The van der Waals surface area contributed by atoms with Crippen LogP contribution in [0.25, 0.3) is 20.4 Å². The summed E-state index contributed by atoms with van der Waals surface area (Å²) in [5, 5.41) is 0.970. The lowest BCUT2D eigenvalue weighted by Gasteiger charge is -2.05. The van der Waals surface area contributed by atoms with Crippen LogP contribution in [-0.2, 0) is 12.8 Å². The van der Waals surface area contributed by atoms with Gasteiger partial charge in [-0.3, -0.25) is 0 Å². The average molecular weight is 288 g/mol. The summed E-state index contributed by atoms with van der Waals surface area (Å²) in [5.41, 5.74) is 2.79.